The van der Waals surface area contributed by atoms with Crippen LogP contribution in [0.25, 0.3) is 33.6 Å². The lowest BCUT2D eigenvalue weighted by atomic mass is 9.98. The van der Waals surface area contributed by atoms with Crippen LogP contribution < -0.4 is 20.1 Å². The average molecular weight is 674 g/mol. The molecule has 4 aromatic rings. The van der Waals surface area contributed by atoms with Crippen molar-refractivity contribution in [2.45, 2.75) is 70.0 Å². The second-order valence-corrected chi connectivity index (χ2v) is 13.5. The maximum atomic E-state index is 11.5. The molecule has 0 radical (unpaired) electrons. The number of rotatable bonds is 12. The highest BCUT2D eigenvalue weighted by atomic mass is 35.5. The number of methoxy groups -OCH3 is 2. The molecule has 7 rings (SSSR count). The summed E-state index contributed by atoms with van der Waals surface area (Å²) in [5, 5.41) is 7.67. The van der Waals surface area contributed by atoms with Crippen molar-refractivity contribution in [1.29, 1.82) is 0 Å². The number of carbonyl (C=O) groups is 1. The summed E-state index contributed by atoms with van der Waals surface area (Å²) in [5.74, 6) is 2.91. The van der Waals surface area contributed by atoms with Gasteiger partial charge >= 0.3 is 0 Å². The summed E-state index contributed by atoms with van der Waals surface area (Å²) < 4.78 is 11.3. The van der Waals surface area contributed by atoms with Crippen LogP contribution >= 0.6 is 23.2 Å². The van der Waals surface area contributed by atoms with Crippen LogP contribution in [0.2, 0.25) is 10.0 Å². The summed E-state index contributed by atoms with van der Waals surface area (Å²) in [4.78, 5) is 30.5. The largest absolute Gasteiger partial charge is 0.480 e. The first-order valence-electron chi connectivity index (χ1n) is 16.3. The predicted molar refractivity (Wildman–Crippen MR) is 183 cm³/mol. The van der Waals surface area contributed by atoms with E-state index in [-0.39, 0.29) is 11.9 Å². The van der Waals surface area contributed by atoms with E-state index in [2.05, 4.69) is 10.6 Å². The number of ether oxygens (including phenoxy) is 2. The molecule has 3 aliphatic rings. The average Bonchev–Trinajstić information content (AvgIpc) is 3.47. The van der Waals surface area contributed by atoms with Crippen molar-refractivity contribution in [2.75, 3.05) is 14.2 Å². The number of fused-ring (bicyclic) bond motifs is 1. The van der Waals surface area contributed by atoms with E-state index in [1.165, 1.54) is 19.3 Å². The second kappa shape index (κ2) is 13.7. The molecule has 1 aliphatic heterocycles. The number of halogens is 2. The number of carbonyl (C=O) groups excluding carboxylic acids is 1. The third kappa shape index (κ3) is 6.80. The fourth-order valence-electron chi connectivity index (χ4n) is 7.08. The molecule has 0 bridgehead atoms. The van der Waals surface area contributed by atoms with Crippen molar-refractivity contribution < 1.29 is 14.3 Å². The first-order chi connectivity index (χ1) is 22.9. The molecule has 47 heavy (non-hydrogen) atoms. The van der Waals surface area contributed by atoms with Crippen LogP contribution in [0.3, 0.4) is 0 Å². The van der Waals surface area contributed by atoms with Gasteiger partial charge in [0.25, 0.3) is 0 Å². The van der Waals surface area contributed by atoms with Crippen LogP contribution in [-0.4, -0.2) is 52.1 Å². The van der Waals surface area contributed by atoms with Crippen molar-refractivity contribution in [3.63, 3.8) is 0 Å². The van der Waals surface area contributed by atoms with E-state index in [9.17, 15) is 4.79 Å². The van der Waals surface area contributed by atoms with Gasteiger partial charge in [-0.2, -0.15) is 0 Å². The van der Waals surface area contributed by atoms with Gasteiger partial charge in [-0.1, -0.05) is 59.6 Å². The maximum absolute atomic E-state index is 11.5. The van der Waals surface area contributed by atoms with E-state index in [1.54, 1.807) is 26.6 Å². The topological polar surface area (TPSA) is 111 Å². The smallest absolute Gasteiger partial charge is 0.237 e. The van der Waals surface area contributed by atoms with Crippen LogP contribution in [0.4, 0.5) is 0 Å². The summed E-state index contributed by atoms with van der Waals surface area (Å²) in [6.45, 7) is 0.617. The molecule has 2 unspecified atom stereocenters. The van der Waals surface area contributed by atoms with Gasteiger partial charge in [0.1, 0.15) is 11.4 Å². The van der Waals surface area contributed by atoms with Crippen molar-refractivity contribution >= 4 is 29.1 Å². The zero-order chi connectivity index (χ0) is 32.5. The molecular formula is C36H38Cl2N6O3. The Morgan fingerprint density at radius 2 is 1.40 bits per heavy atom. The SMILES string of the molecule is COc1nc(-c2cccc(-c3cccc(-c4cnc(CNC5CC6CC6C5)c(OC)n4)c3Cl)c2Cl)cnc1CCC[C@@H]1CCC(=O)N1. The van der Waals surface area contributed by atoms with E-state index in [0.717, 1.165) is 64.7 Å². The molecule has 2 aliphatic carbocycles. The van der Waals surface area contributed by atoms with Crippen molar-refractivity contribution in [3.8, 4) is 45.4 Å². The Morgan fingerprint density at radius 1 is 0.830 bits per heavy atom. The molecule has 9 nitrogen and oxygen atoms in total. The Balaban J connectivity index is 1.10. The molecule has 1 saturated heterocycles. The highest BCUT2D eigenvalue weighted by Gasteiger charge is 2.45. The lowest BCUT2D eigenvalue weighted by Gasteiger charge is -2.16. The van der Waals surface area contributed by atoms with E-state index in [1.807, 2.05) is 36.4 Å². The highest BCUT2D eigenvalue weighted by Crippen LogP contribution is 2.51. The molecule has 2 aromatic heterocycles. The molecule has 3 fully saturated rings. The molecular weight excluding hydrogens is 635 g/mol. The first-order valence-corrected chi connectivity index (χ1v) is 17.1. The third-order valence-electron chi connectivity index (χ3n) is 9.70. The van der Waals surface area contributed by atoms with Gasteiger partial charge in [-0.05, 0) is 56.8 Å². The lowest BCUT2D eigenvalue weighted by Crippen LogP contribution is -2.27. The Bertz CT molecular complexity index is 1790. The molecule has 3 atom stereocenters. The molecule has 2 N–H and O–H groups in total. The number of amides is 1. The van der Waals surface area contributed by atoms with Gasteiger partial charge in [-0.3, -0.25) is 14.8 Å². The fourth-order valence-corrected chi connectivity index (χ4v) is 7.73. The summed E-state index contributed by atoms with van der Waals surface area (Å²) in [7, 11) is 3.21. The molecule has 11 heteroatoms. The Hall–Kier alpha value is -3.79. The molecule has 2 saturated carbocycles. The van der Waals surface area contributed by atoms with E-state index < -0.39 is 0 Å². The summed E-state index contributed by atoms with van der Waals surface area (Å²) in [5.41, 5.74) is 5.74. The molecule has 2 aromatic carbocycles. The van der Waals surface area contributed by atoms with Gasteiger partial charge in [-0.25, -0.2) is 9.97 Å². The number of aromatic nitrogens is 4. The van der Waals surface area contributed by atoms with E-state index in [0.29, 0.717) is 58.6 Å². The lowest BCUT2D eigenvalue weighted by molar-refractivity contribution is -0.119. The Labute approximate surface area is 284 Å². The van der Waals surface area contributed by atoms with E-state index >= 15 is 0 Å². The number of nitrogens with one attached hydrogen (secondary N) is 2. The van der Waals surface area contributed by atoms with Crippen molar-refractivity contribution in [3.05, 3.63) is 70.2 Å². The molecule has 1 amide bonds. The van der Waals surface area contributed by atoms with Crippen molar-refractivity contribution in [2.24, 2.45) is 11.8 Å². The number of hydrogen-bond acceptors (Lipinski definition) is 8. The van der Waals surface area contributed by atoms with E-state index in [4.69, 9.17) is 52.6 Å². The van der Waals surface area contributed by atoms with Gasteiger partial charge in [0.2, 0.25) is 17.7 Å². The molecule has 3 heterocycles. The van der Waals surface area contributed by atoms with Crippen LogP contribution in [0.5, 0.6) is 11.8 Å². The summed E-state index contributed by atoms with van der Waals surface area (Å²) in [6, 6.07) is 12.3. The van der Waals surface area contributed by atoms with Crippen LogP contribution in [0.1, 0.15) is 56.3 Å². The first kappa shape index (κ1) is 31.8. The Morgan fingerprint density at radius 3 is 1.98 bits per heavy atom. The standard InChI is InChI=1S/C36H38Cl2N6O3/c1-46-35-28(11-3-6-22-12-13-32(45)42-22)40-17-29(43-35)26-9-4-7-24(33(26)37)25-8-5-10-27(34(25)38)30-18-41-31(36(44-30)47-2)19-39-23-15-20-14-21(20)16-23/h4-5,7-10,17-18,20-23,39H,3,6,11-16,19H2,1-2H3,(H,42,45)/t20?,21?,22-,23?/m1/s1. The fraction of sp³-hybridized carbons (Fsp3) is 0.417. The minimum absolute atomic E-state index is 0.130. The quantitative estimate of drug-likeness (QED) is 0.164. The van der Waals surface area contributed by atoms with Crippen LogP contribution in [0, 0.1) is 11.8 Å². The number of nitrogens with zero attached hydrogens (tertiary/aromatic N) is 4. The number of benzene rings is 2. The highest BCUT2D eigenvalue weighted by molar-refractivity contribution is 6.39. The maximum Gasteiger partial charge on any atom is 0.237 e. The van der Waals surface area contributed by atoms with Gasteiger partial charge in [0.15, 0.2) is 0 Å². The third-order valence-corrected chi connectivity index (χ3v) is 10.5. The number of aryl methyl sites for hydroxylation is 1. The van der Waals surface area contributed by atoms with Gasteiger partial charge in [0.05, 0.1) is 48.0 Å². The summed E-state index contributed by atoms with van der Waals surface area (Å²) in [6.07, 6.45) is 11.3. The van der Waals surface area contributed by atoms with Crippen molar-refractivity contribution in [1.82, 2.24) is 30.6 Å². The second-order valence-electron chi connectivity index (χ2n) is 12.8. The number of hydrogen-bond donors (Lipinski definition) is 2. The monoisotopic (exact) mass is 672 g/mol. The minimum Gasteiger partial charge on any atom is -0.480 e. The Kier molecular flexibility index (Phi) is 9.30. The van der Waals surface area contributed by atoms with Gasteiger partial charge in [0, 0.05) is 47.3 Å². The van der Waals surface area contributed by atoms with Gasteiger partial charge < -0.3 is 20.1 Å². The van der Waals surface area contributed by atoms with Crippen LogP contribution in [-0.2, 0) is 17.8 Å². The normalized spacial score (nSPS) is 21.4. The zero-order valence-electron chi connectivity index (χ0n) is 26.6. The molecule has 0 spiro atoms. The zero-order valence-corrected chi connectivity index (χ0v) is 28.1. The summed E-state index contributed by atoms with van der Waals surface area (Å²) >= 11 is 14.1. The minimum atomic E-state index is 0.130. The van der Waals surface area contributed by atoms with Gasteiger partial charge in [-0.15, -0.1) is 0 Å². The predicted octanol–water partition coefficient (Wildman–Crippen LogP) is 7.08. The molecule has 244 valence electrons. The van der Waals surface area contributed by atoms with Crippen LogP contribution in [0.15, 0.2) is 48.8 Å².